The van der Waals surface area contributed by atoms with Gasteiger partial charge in [0, 0.05) is 26.7 Å². The first kappa shape index (κ1) is 21.0. The lowest BCUT2D eigenvalue weighted by atomic mass is 10.1. The van der Waals surface area contributed by atoms with Crippen LogP contribution in [0.5, 0.6) is 0 Å². The SMILES string of the molecule is CN=C(NCc1cccc(C(F)(F)F)c1)NC(C)COC.I. The second-order valence-corrected chi connectivity index (χ2v) is 4.62. The summed E-state index contributed by atoms with van der Waals surface area (Å²) in [5.74, 6) is 0.511. The van der Waals surface area contributed by atoms with Crippen molar-refractivity contribution >= 4 is 29.9 Å². The fourth-order valence-corrected chi connectivity index (χ4v) is 1.76. The number of hydrogen-bond donors (Lipinski definition) is 2. The van der Waals surface area contributed by atoms with E-state index in [2.05, 4.69) is 15.6 Å². The Labute approximate surface area is 145 Å². The van der Waals surface area contributed by atoms with E-state index in [9.17, 15) is 13.2 Å². The van der Waals surface area contributed by atoms with Crippen molar-refractivity contribution in [2.75, 3.05) is 20.8 Å². The van der Waals surface area contributed by atoms with Crippen molar-refractivity contribution in [3.8, 4) is 0 Å². The number of methoxy groups -OCH3 is 1. The Balaban J connectivity index is 0.00000441. The number of guanidine groups is 1. The molecule has 0 bridgehead atoms. The molecule has 22 heavy (non-hydrogen) atoms. The highest BCUT2D eigenvalue weighted by Crippen LogP contribution is 2.29. The van der Waals surface area contributed by atoms with Gasteiger partial charge >= 0.3 is 6.18 Å². The van der Waals surface area contributed by atoms with Gasteiger partial charge < -0.3 is 15.4 Å². The molecular weight excluding hydrogens is 410 g/mol. The topological polar surface area (TPSA) is 45.7 Å². The molecule has 4 nitrogen and oxygen atoms in total. The molecule has 1 aromatic rings. The third-order valence-electron chi connectivity index (χ3n) is 2.74. The first-order valence-electron chi connectivity index (χ1n) is 6.49. The largest absolute Gasteiger partial charge is 0.416 e. The number of benzene rings is 1. The van der Waals surface area contributed by atoms with Crippen molar-refractivity contribution in [1.82, 2.24) is 10.6 Å². The van der Waals surface area contributed by atoms with Gasteiger partial charge in [0.05, 0.1) is 12.2 Å². The summed E-state index contributed by atoms with van der Waals surface area (Å²) in [6.07, 6.45) is -4.33. The van der Waals surface area contributed by atoms with Gasteiger partial charge in [0.1, 0.15) is 0 Å². The van der Waals surface area contributed by atoms with Crippen LogP contribution in [0, 0.1) is 0 Å². The highest BCUT2D eigenvalue weighted by atomic mass is 127. The Morgan fingerprint density at radius 2 is 2.05 bits per heavy atom. The molecule has 0 saturated carbocycles. The van der Waals surface area contributed by atoms with Crippen LogP contribution >= 0.6 is 24.0 Å². The Morgan fingerprint density at radius 1 is 1.36 bits per heavy atom. The highest BCUT2D eigenvalue weighted by Gasteiger charge is 2.30. The Hall–Kier alpha value is -1.03. The van der Waals surface area contributed by atoms with Crippen LogP contribution in [-0.4, -0.2) is 32.8 Å². The van der Waals surface area contributed by atoms with E-state index in [-0.39, 0.29) is 36.6 Å². The molecule has 1 unspecified atom stereocenters. The number of rotatable bonds is 5. The van der Waals surface area contributed by atoms with Crippen molar-refractivity contribution in [1.29, 1.82) is 0 Å². The molecule has 1 aromatic carbocycles. The lowest BCUT2D eigenvalue weighted by Gasteiger charge is -2.17. The van der Waals surface area contributed by atoms with E-state index in [1.54, 1.807) is 20.2 Å². The van der Waals surface area contributed by atoms with Gasteiger partial charge in [0.25, 0.3) is 0 Å². The Bertz CT molecular complexity index is 481. The number of ether oxygens (including phenoxy) is 1. The smallest absolute Gasteiger partial charge is 0.383 e. The molecule has 0 spiro atoms. The minimum atomic E-state index is -4.33. The summed E-state index contributed by atoms with van der Waals surface area (Å²) in [6, 6.07) is 5.25. The lowest BCUT2D eigenvalue weighted by molar-refractivity contribution is -0.137. The number of alkyl halides is 3. The maximum absolute atomic E-state index is 12.6. The van der Waals surface area contributed by atoms with Crippen LogP contribution in [0.3, 0.4) is 0 Å². The van der Waals surface area contributed by atoms with E-state index in [1.165, 1.54) is 6.07 Å². The fraction of sp³-hybridized carbons (Fsp3) is 0.500. The van der Waals surface area contributed by atoms with Crippen LogP contribution in [0.4, 0.5) is 13.2 Å². The zero-order chi connectivity index (χ0) is 15.9. The molecule has 0 aromatic heterocycles. The quantitative estimate of drug-likeness (QED) is 0.428. The molecule has 1 rings (SSSR count). The normalized spacial score (nSPS) is 13.3. The van der Waals surface area contributed by atoms with Crippen LogP contribution in [-0.2, 0) is 17.5 Å². The second-order valence-electron chi connectivity index (χ2n) is 4.62. The zero-order valence-electron chi connectivity index (χ0n) is 12.7. The zero-order valence-corrected chi connectivity index (χ0v) is 15.0. The van der Waals surface area contributed by atoms with Crippen LogP contribution in [0.2, 0.25) is 0 Å². The number of hydrogen-bond acceptors (Lipinski definition) is 2. The third-order valence-corrected chi connectivity index (χ3v) is 2.74. The molecule has 126 valence electrons. The van der Waals surface area contributed by atoms with E-state index in [1.807, 2.05) is 6.92 Å². The average molecular weight is 431 g/mol. The fourth-order valence-electron chi connectivity index (χ4n) is 1.76. The van der Waals surface area contributed by atoms with Crippen LogP contribution in [0.1, 0.15) is 18.1 Å². The summed E-state index contributed by atoms with van der Waals surface area (Å²) in [7, 11) is 3.19. The van der Waals surface area contributed by atoms with Gasteiger partial charge in [-0.05, 0) is 24.6 Å². The molecule has 0 saturated heterocycles. The maximum atomic E-state index is 12.6. The van der Waals surface area contributed by atoms with Crippen LogP contribution in [0.25, 0.3) is 0 Å². The van der Waals surface area contributed by atoms with Crippen molar-refractivity contribution < 1.29 is 17.9 Å². The first-order chi connectivity index (χ1) is 9.86. The summed E-state index contributed by atoms with van der Waals surface area (Å²) in [6.45, 7) is 2.67. The Kier molecular flexibility index (Phi) is 9.42. The standard InChI is InChI=1S/C14H20F3N3O.HI/c1-10(9-21-3)20-13(18-2)19-8-11-5-4-6-12(7-11)14(15,16)17;/h4-7,10H,8-9H2,1-3H3,(H2,18,19,20);1H. The van der Waals surface area contributed by atoms with Gasteiger partial charge in [-0.15, -0.1) is 24.0 Å². The average Bonchev–Trinajstić information content (AvgIpc) is 2.43. The van der Waals surface area contributed by atoms with E-state index in [0.29, 0.717) is 18.1 Å². The van der Waals surface area contributed by atoms with E-state index in [0.717, 1.165) is 12.1 Å². The predicted molar refractivity (Wildman–Crippen MR) is 91.5 cm³/mol. The van der Waals surface area contributed by atoms with Gasteiger partial charge in [0.2, 0.25) is 0 Å². The monoisotopic (exact) mass is 431 g/mol. The molecular formula is C14H21F3IN3O. The van der Waals surface area contributed by atoms with E-state index >= 15 is 0 Å². The molecule has 0 fully saturated rings. The summed E-state index contributed by atoms with van der Waals surface area (Å²) in [4.78, 5) is 4.01. The number of nitrogens with one attached hydrogen (secondary N) is 2. The van der Waals surface area contributed by atoms with E-state index < -0.39 is 11.7 Å². The minimum absolute atomic E-state index is 0. The van der Waals surface area contributed by atoms with E-state index in [4.69, 9.17) is 4.74 Å². The lowest BCUT2D eigenvalue weighted by Crippen LogP contribution is -2.43. The summed E-state index contributed by atoms with van der Waals surface area (Å²) < 4.78 is 42.9. The van der Waals surface area contributed by atoms with Crippen molar-refractivity contribution in [3.05, 3.63) is 35.4 Å². The second kappa shape index (κ2) is 9.88. The number of aliphatic imine (C=N–C) groups is 1. The molecule has 2 N–H and O–H groups in total. The van der Waals surface area contributed by atoms with Gasteiger partial charge in [-0.1, -0.05) is 12.1 Å². The molecule has 0 aliphatic rings. The molecule has 8 heteroatoms. The maximum Gasteiger partial charge on any atom is 0.416 e. The van der Waals surface area contributed by atoms with Crippen molar-refractivity contribution in [3.63, 3.8) is 0 Å². The molecule has 0 amide bonds. The summed E-state index contributed by atoms with van der Waals surface area (Å²) >= 11 is 0. The molecule has 1 atom stereocenters. The molecule has 0 aliphatic carbocycles. The van der Waals surface area contributed by atoms with Crippen molar-refractivity contribution in [2.24, 2.45) is 4.99 Å². The predicted octanol–water partition coefficient (Wildman–Crippen LogP) is 3.02. The molecule has 0 heterocycles. The van der Waals surface area contributed by atoms with Gasteiger partial charge in [-0.3, -0.25) is 4.99 Å². The van der Waals surface area contributed by atoms with Crippen LogP contribution in [0.15, 0.2) is 29.3 Å². The van der Waals surface area contributed by atoms with Gasteiger partial charge in [0.15, 0.2) is 5.96 Å². The van der Waals surface area contributed by atoms with Crippen LogP contribution < -0.4 is 10.6 Å². The van der Waals surface area contributed by atoms with Gasteiger partial charge in [-0.25, -0.2) is 0 Å². The van der Waals surface area contributed by atoms with Gasteiger partial charge in [-0.2, -0.15) is 13.2 Å². The third kappa shape index (κ3) is 7.30. The van der Waals surface area contributed by atoms with Crippen molar-refractivity contribution in [2.45, 2.75) is 25.7 Å². The minimum Gasteiger partial charge on any atom is -0.383 e. The number of halogens is 4. The summed E-state index contributed by atoms with van der Waals surface area (Å²) in [5, 5.41) is 6.04. The molecule has 0 radical (unpaired) electrons. The highest BCUT2D eigenvalue weighted by molar-refractivity contribution is 14.0. The molecule has 0 aliphatic heterocycles. The Morgan fingerprint density at radius 3 is 2.59 bits per heavy atom. The number of nitrogens with zero attached hydrogens (tertiary/aromatic N) is 1. The first-order valence-corrected chi connectivity index (χ1v) is 6.49. The summed E-state index contributed by atoms with van der Waals surface area (Å²) in [5.41, 5.74) is -0.121.